The van der Waals surface area contributed by atoms with Crippen LogP contribution >= 0.6 is 0 Å². The number of rotatable bonds is 4. The first-order chi connectivity index (χ1) is 17.4. The molecule has 1 amide bonds. The van der Waals surface area contributed by atoms with Crippen LogP contribution in [0.5, 0.6) is 5.75 Å². The fourth-order valence-electron chi connectivity index (χ4n) is 5.21. The Morgan fingerprint density at radius 1 is 1.33 bits per heavy atom. The molecule has 0 bridgehead atoms. The second-order valence-corrected chi connectivity index (χ2v) is 9.05. The smallest absolute Gasteiger partial charge is 0.282 e. The summed E-state index contributed by atoms with van der Waals surface area (Å²) in [5, 5.41) is 0.723. The van der Waals surface area contributed by atoms with E-state index >= 15 is 0 Å². The van der Waals surface area contributed by atoms with Gasteiger partial charge in [-0.05, 0) is 43.0 Å². The molecule has 2 aliphatic rings. The van der Waals surface area contributed by atoms with Gasteiger partial charge in [-0.1, -0.05) is 18.7 Å². The minimum atomic E-state index is -1.04. The Bertz CT molecular complexity index is 1400. The fourth-order valence-corrected chi connectivity index (χ4v) is 5.21. The maximum Gasteiger partial charge on any atom is 0.282 e. The summed E-state index contributed by atoms with van der Waals surface area (Å²) in [6.45, 7) is 13.8. The van der Waals surface area contributed by atoms with E-state index in [1.54, 1.807) is 6.07 Å². The van der Waals surface area contributed by atoms with Gasteiger partial charge in [0.25, 0.3) is 5.91 Å². The van der Waals surface area contributed by atoms with Gasteiger partial charge >= 0.3 is 0 Å². The summed E-state index contributed by atoms with van der Waals surface area (Å²) in [6.07, 6.45) is 2.99. The van der Waals surface area contributed by atoms with E-state index in [0.29, 0.717) is 42.3 Å². The molecule has 0 aliphatic carbocycles. The summed E-state index contributed by atoms with van der Waals surface area (Å²) in [6, 6.07) is 6.41. The van der Waals surface area contributed by atoms with Crippen molar-refractivity contribution in [2.45, 2.75) is 25.8 Å². The number of nitrogens with zero attached hydrogens (tertiary/aromatic N) is 5. The number of benzene rings is 2. The molecular weight excluding hydrogens is 464 g/mol. The number of aromatic nitrogens is 2. The lowest BCUT2D eigenvalue weighted by atomic mass is 9.90. The standard InChI is InChI=1S/C27H25F2N5O2/c1-16-6-4-8-21(29)23(16)20-12-22-24(25-19(20)7-5-11-36-25)26(32-15-31-22)33-9-10-34(27(35)17(2)28)18(14-33)13-30-3/h4,6,8,12,15,18H,2,5,7,9-11,13-14H2,1H3/t18-/m0/s1. The highest BCUT2D eigenvalue weighted by molar-refractivity contribution is 6.00. The second kappa shape index (κ2) is 9.53. The third-order valence-electron chi connectivity index (χ3n) is 6.85. The van der Waals surface area contributed by atoms with Crippen molar-refractivity contribution in [1.29, 1.82) is 0 Å². The van der Waals surface area contributed by atoms with E-state index in [1.165, 1.54) is 17.3 Å². The molecule has 1 fully saturated rings. The van der Waals surface area contributed by atoms with Gasteiger partial charge in [-0.3, -0.25) is 4.79 Å². The molecule has 1 aromatic heterocycles. The number of hydrogen-bond donors (Lipinski definition) is 0. The fraction of sp³-hybridized carbons (Fsp3) is 0.333. The number of carbonyl (C=O) groups excluding carboxylic acids is 1. The Balaban J connectivity index is 1.63. The van der Waals surface area contributed by atoms with Gasteiger partial charge in [0.15, 0.2) is 5.83 Å². The maximum absolute atomic E-state index is 15.0. The van der Waals surface area contributed by atoms with E-state index in [-0.39, 0.29) is 18.9 Å². The van der Waals surface area contributed by atoms with Crippen LogP contribution < -0.4 is 9.64 Å². The van der Waals surface area contributed by atoms with Crippen molar-refractivity contribution < 1.29 is 18.3 Å². The molecule has 3 heterocycles. The van der Waals surface area contributed by atoms with Crippen LogP contribution in [0, 0.1) is 19.3 Å². The van der Waals surface area contributed by atoms with Gasteiger partial charge in [0.1, 0.15) is 29.8 Å². The number of ether oxygens (including phenoxy) is 1. The van der Waals surface area contributed by atoms with Crippen molar-refractivity contribution in [2.24, 2.45) is 0 Å². The monoisotopic (exact) mass is 489 g/mol. The van der Waals surface area contributed by atoms with Crippen molar-refractivity contribution in [3.63, 3.8) is 0 Å². The lowest BCUT2D eigenvalue weighted by Gasteiger charge is -2.40. The molecule has 1 saturated heterocycles. The Kier molecular flexibility index (Phi) is 6.27. The molecule has 3 aromatic rings. The first-order valence-corrected chi connectivity index (χ1v) is 11.8. The summed E-state index contributed by atoms with van der Waals surface area (Å²) in [5.41, 5.74) is 3.67. The molecule has 2 aliphatic heterocycles. The normalized spacial score (nSPS) is 17.3. The zero-order chi connectivity index (χ0) is 25.4. The zero-order valence-corrected chi connectivity index (χ0v) is 19.9. The van der Waals surface area contributed by atoms with Crippen molar-refractivity contribution in [3.8, 4) is 16.9 Å². The second-order valence-electron chi connectivity index (χ2n) is 9.05. The Hall–Kier alpha value is -4.06. The lowest BCUT2D eigenvalue weighted by Crippen LogP contribution is -2.56. The van der Waals surface area contributed by atoms with Gasteiger partial charge < -0.3 is 19.4 Å². The van der Waals surface area contributed by atoms with Crippen LogP contribution in [0.4, 0.5) is 14.6 Å². The first-order valence-electron chi connectivity index (χ1n) is 11.8. The topological polar surface area (TPSA) is 62.9 Å². The van der Waals surface area contributed by atoms with Crippen LogP contribution in [0.25, 0.3) is 26.9 Å². The van der Waals surface area contributed by atoms with Crippen LogP contribution in [0.2, 0.25) is 0 Å². The summed E-state index contributed by atoms with van der Waals surface area (Å²) < 4.78 is 34.8. The SMILES string of the molecule is [C-]#[N+]C[C@H]1CN(c2ncnc3cc(-c4c(C)cccc4F)c4c(c23)OCCC4)CCN1C(=O)C(=C)F. The van der Waals surface area contributed by atoms with Gasteiger partial charge in [0.2, 0.25) is 6.54 Å². The van der Waals surface area contributed by atoms with Crippen LogP contribution in [-0.4, -0.2) is 59.6 Å². The quantitative estimate of drug-likeness (QED) is 0.399. The van der Waals surface area contributed by atoms with Crippen LogP contribution in [0.3, 0.4) is 0 Å². The Morgan fingerprint density at radius 3 is 2.92 bits per heavy atom. The summed E-state index contributed by atoms with van der Waals surface area (Å²) in [4.78, 5) is 28.2. The minimum Gasteiger partial charge on any atom is -0.492 e. The average Bonchev–Trinajstić information content (AvgIpc) is 2.88. The third-order valence-corrected chi connectivity index (χ3v) is 6.85. The number of halogens is 2. The molecule has 0 spiro atoms. The minimum absolute atomic E-state index is 0.0316. The highest BCUT2D eigenvalue weighted by Crippen LogP contribution is 2.44. The molecule has 2 aromatic carbocycles. The zero-order valence-electron chi connectivity index (χ0n) is 19.9. The van der Waals surface area contributed by atoms with Gasteiger partial charge in [-0.2, -0.15) is 0 Å². The lowest BCUT2D eigenvalue weighted by molar-refractivity contribution is -0.131. The van der Waals surface area contributed by atoms with Gasteiger partial charge in [0.05, 0.1) is 17.5 Å². The predicted molar refractivity (Wildman–Crippen MR) is 133 cm³/mol. The maximum atomic E-state index is 15.0. The Morgan fingerprint density at radius 2 is 2.17 bits per heavy atom. The summed E-state index contributed by atoms with van der Waals surface area (Å²) in [7, 11) is 0. The molecule has 1 atom stereocenters. The van der Waals surface area contributed by atoms with E-state index in [4.69, 9.17) is 11.3 Å². The largest absolute Gasteiger partial charge is 0.492 e. The Labute approximate surface area is 207 Å². The first kappa shape index (κ1) is 23.7. The molecule has 184 valence electrons. The summed E-state index contributed by atoms with van der Waals surface area (Å²) >= 11 is 0. The summed E-state index contributed by atoms with van der Waals surface area (Å²) in [5.74, 6) is -0.861. The molecule has 5 rings (SSSR count). The molecular formula is C27H25F2N5O2. The third kappa shape index (κ3) is 4.02. The van der Waals surface area contributed by atoms with Crippen molar-refractivity contribution in [1.82, 2.24) is 14.9 Å². The molecule has 0 radical (unpaired) electrons. The number of anilines is 1. The number of fused-ring (bicyclic) bond motifs is 3. The van der Waals surface area contributed by atoms with Crippen LogP contribution in [0.1, 0.15) is 17.5 Å². The molecule has 0 N–H and O–H groups in total. The number of hydrogen-bond acceptors (Lipinski definition) is 5. The molecule has 0 saturated carbocycles. The van der Waals surface area contributed by atoms with Crippen molar-refractivity contribution in [2.75, 3.05) is 37.7 Å². The van der Waals surface area contributed by atoms with Gasteiger partial charge in [0, 0.05) is 30.8 Å². The van der Waals surface area contributed by atoms with Crippen molar-refractivity contribution in [3.05, 3.63) is 71.4 Å². The highest BCUT2D eigenvalue weighted by Gasteiger charge is 2.35. The molecule has 0 unspecified atom stereocenters. The van der Waals surface area contributed by atoms with E-state index in [1.807, 2.05) is 24.0 Å². The number of amides is 1. The van der Waals surface area contributed by atoms with E-state index < -0.39 is 17.8 Å². The predicted octanol–water partition coefficient (Wildman–Crippen LogP) is 4.49. The van der Waals surface area contributed by atoms with Gasteiger partial charge in [-0.25, -0.2) is 25.3 Å². The number of piperazine rings is 1. The number of aryl methyl sites for hydroxylation is 1. The van der Waals surface area contributed by atoms with Gasteiger partial charge in [-0.15, -0.1) is 0 Å². The van der Waals surface area contributed by atoms with E-state index in [0.717, 1.165) is 34.9 Å². The number of carbonyl (C=O) groups is 1. The molecule has 36 heavy (non-hydrogen) atoms. The van der Waals surface area contributed by atoms with E-state index in [2.05, 4.69) is 21.4 Å². The average molecular weight is 490 g/mol. The van der Waals surface area contributed by atoms with Crippen LogP contribution in [0.15, 0.2) is 43.0 Å². The highest BCUT2D eigenvalue weighted by atomic mass is 19.1. The van der Waals surface area contributed by atoms with E-state index in [9.17, 15) is 13.6 Å². The molecule has 9 heteroatoms. The van der Waals surface area contributed by atoms with Crippen molar-refractivity contribution >= 4 is 22.6 Å². The van der Waals surface area contributed by atoms with Crippen LogP contribution in [-0.2, 0) is 11.2 Å². The molecule has 7 nitrogen and oxygen atoms in total.